The van der Waals surface area contributed by atoms with E-state index < -0.39 is 0 Å². The Kier molecular flexibility index (Phi) is 8.61. The Balaban J connectivity index is 2.05. The summed E-state index contributed by atoms with van der Waals surface area (Å²) in [5, 5.41) is 0. The van der Waals surface area contributed by atoms with Crippen LogP contribution in [0.5, 0.6) is 0 Å². The third-order valence-corrected chi connectivity index (χ3v) is 4.27. The third kappa shape index (κ3) is 6.79. The standard InChI is InChI=1S/C17H30O2/c1-3-4-10-15-12-9-13-16(15)11-7-5-6-8-14-17(18)19-2/h4,10,15-16H,3,5-9,11-14H2,1-2H3/t15-,16-/m0/s1. The normalized spacial score (nSPS) is 23.1. The molecule has 0 N–H and O–H groups in total. The van der Waals surface area contributed by atoms with Crippen LogP contribution in [-0.4, -0.2) is 13.1 Å². The van der Waals surface area contributed by atoms with Crippen molar-refractivity contribution in [2.45, 2.75) is 71.1 Å². The van der Waals surface area contributed by atoms with Gasteiger partial charge in [0.1, 0.15) is 0 Å². The molecule has 0 aliphatic heterocycles. The second kappa shape index (κ2) is 10.1. The molecule has 0 saturated heterocycles. The first-order valence-electron chi connectivity index (χ1n) is 8.01. The van der Waals surface area contributed by atoms with Gasteiger partial charge in [-0.05, 0) is 43.9 Å². The molecule has 0 bridgehead atoms. The highest BCUT2D eigenvalue weighted by Gasteiger charge is 2.24. The minimum Gasteiger partial charge on any atom is -0.469 e. The van der Waals surface area contributed by atoms with Crippen LogP contribution in [0.3, 0.4) is 0 Å². The van der Waals surface area contributed by atoms with Gasteiger partial charge in [0.15, 0.2) is 0 Å². The zero-order chi connectivity index (χ0) is 13.9. The number of hydrogen-bond acceptors (Lipinski definition) is 2. The molecular weight excluding hydrogens is 236 g/mol. The van der Waals surface area contributed by atoms with E-state index in [9.17, 15) is 4.79 Å². The third-order valence-electron chi connectivity index (χ3n) is 4.27. The zero-order valence-electron chi connectivity index (χ0n) is 12.7. The van der Waals surface area contributed by atoms with Crippen LogP contribution < -0.4 is 0 Å². The molecule has 2 atom stereocenters. The highest BCUT2D eigenvalue weighted by Crippen LogP contribution is 2.36. The summed E-state index contributed by atoms with van der Waals surface area (Å²) in [4.78, 5) is 11.0. The van der Waals surface area contributed by atoms with E-state index in [4.69, 9.17) is 0 Å². The van der Waals surface area contributed by atoms with E-state index in [0.717, 1.165) is 31.1 Å². The summed E-state index contributed by atoms with van der Waals surface area (Å²) in [7, 11) is 1.46. The summed E-state index contributed by atoms with van der Waals surface area (Å²) in [6, 6.07) is 0. The van der Waals surface area contributed by atoms with Gasteiger partial charge in [0.2, 0.25) is 0 Å². The lowest BCUT2D eigenvalue weighted by Gasteiger charge is -2.16. The predicted molar refractivity (Wildman–Crippen MR) is 80.0 cm³/mol. The van der Waals surface area contributed by atoms with Crippen LogP contribution in [0.4, 0.5) is 0 Å². The average Bonchev–Trinajstić information content (AvgIpc) is 2.87. The second-order valence-corrected chi connectivity index (χ2v) is 5.72. The fourth-order valence-electron chi connectivity index (χ4n) is 3.12. The van der Waals surface area contributed by atoms with Crippen molar-refractivity contribution in [3.63, 3.8) is 0 Å². The highest BCUT2D eigenvalue weighted by atomic mass is 16.5. The lowest BCUT2D eigenvalue weighted by atomic mass is 9.90. The molecule has 2 heteroatoms. The lowest BCUT2D eigenvalue weighted by Crippen LogP contribution is -2.05. The van der Waals surface area contributed by atoms with Gasteiger partial charge in [-0.2, -0.15) is 0 Å². The molecule has 0 aromatic rings. The largest absolute Gasteiger partial charge is 0.469 e. The molecule has 1 rings (SSSR count). The number of ether oxygens (including phenoxy) is 1. The van der Waals surface area contributed by atoms with E-state index in [1.807, 2.05) is 0 Å². The van der Waals surface area contributed by atoms with Crippen molar-refractivity contribution in [2.75, 3.05) is 7.11 Å². The average molecular weight is 266 g/mol. The predicted octanol–water partition coefficient (Wildman–Crippen LogP) is 4.88. The van der Waals surface area contributed by atoms with E-state index in [1.165, 1.54) is 45.6 Å². The van der Waals surface area contributed by atoms with Gasteiger partial charge in [0.25, 0.3) is 0 Å². The molecule has 0 unspecified atom stereocenters. The SMILES string of the molecule is CCC=C[C@H]1CCC[C@@H]1CCCCCCC(=O)OC. The molecule has 0 amide bonds. The van der Waals surface area contributed by atoms with E-state index in [2.05, 4.69) is 23.8 Å². The van der Waals surface area contributed by atoms with Crippen molar-refractivity contribution in [3.05, 3.63) is 12.2 Å². The lowest BCUT2D eigenvalue weighted by molar-refractivity contribution is -0.140. The van der Waals surface area contributed by atoms with E-state index >= 15 is 0 Å². The fraction of sp³-hybridized carbons (Fsp3) is 0.824. The molecule has 1 aliphatic rings. The first-order valence-corrected chi connectivity index (χ1v) is 8.01. The number of carbonyl (C=O) groups is 1. The van der Waals surface area contributed by atoms with Crippen molar-refractivity contribution < 1.29 is 9.53 Å². The molecule has 1 aliphatic carbocycles. The molecule has 0 radical (unpaired) electrons. The summed E-state index contributed by atoms with van der Waals surface area (Å²) in [6.45, 7) is 2.21. The molecule has 19 heavy (non-hydrogen) atoms. The summed E-state index contributed by atoms with van der Waals surface area (Å²) < 4.78 is 4.64. The molecule has 0 aromatic carbocycles. The van der Waals surface area contributed by atoms with E-state index in [-0.39, 0.29) is 5.97 Å². The monoisotopic (exact) mass is 266 g/mol. The number of hydrogen-bond donors (Lipinski definition) is 0. The summed E-state index contributed by atoms with van der Waals surface area (Å²) in [5.41, 5.74) is 0. The molecule has 1 fully saturated rings. The number of methoxy groups -OCH3 is 1. The van der Waals surface area contributed by atoms with Crippen molar-refractivity contribution in [1.82, 2.24) is 0 Å². The Morgan fingerprint density at radius 2 is 2.00 bits per heavy atom. The number of carbonyl (C=O) groups excluding carboxylic acids is 1. The van der Waals surface area contributed by atoms with Crippen LogP contribution in [0.15, 0.2) is 12.2 Å². The maximum atomic E-state index is 11.0. The Morgan fingerprint density at radius 1 is 1.21 bits per heavy atom. The van der Waals surface area contributed by atoms with Gasteiger partial charge >= 0.3 is 5.97 Å². The minimum absolute atomic E-state index is 0.0689. The number of unbranched alkanes of at least 4 members (excludes halogenated alkanes) is 3. The fourth-order valence-corrected chi connectivity index (χ4v) is 3.12. The van der Waals surface area contributed by atoms with Crippen molar-refractivity contribution in [1.29, 1.82) is 0 Å². The summed E-state index contributed by atoms with van der Waals surface area (Å²) in [5.74, 6) is 1.69. The van der Waals surface area contributed by atoms with Gasteiger partial charge in [0.05, 0.1) is 7.11 Å². The molecule has 0 heterocycles. The van der Waals surface area contributed by atoms with Gasteiger partial charge < -0.3 is 4.74 Å². The van der Waals surface area contributed by atoms with Crippen LogP contribution in [0.25, 0.3) is 0 Å². The van der Waals surface area contributed by atoms with Gasteiger partial charge in [-0.25, -0.2) is 0 Å². The molecule has 0 spiro atoms. The molecular formula is C17H30O2. The van der Waals surface area contributed by atoms with E-state index in [1.54, 1.807) is 0 Å². The van der Waals surface area contributed by atoms with Crippen LogP contribution in [0, 0.1) is 11.8 Å². The van der Waals surface area contributed by atoms with Crippen molar-refractivity contribution >= 4 is 5.97 Å². The Morgan fingerprint density at radius 3 is 2.74 bits per heavy atom. The Bertz CT molecular complexity index is 270. The zero-order valence-corrected chi connectivity index (χ0v) is 12.7. The number of allylic oxidation sites excluding steroid dienone is 2. The van der Waals surface area contributed by atoms with Gasteiger partial charge in [-0.15, -0.1) is 0 Å². The van der Waals surface area contributed by atoms with Gasteiger partial charge in [0, 0.05) is 6.42 Å². The number of esters is 1. The van der Waals surface area contributed by atoms with Crippen LogP contribution in [-0.2, 0) is 9.53 Å². The smallest absolute Gasteiger partial charge is 0.305 e. The first-order chi connectivity index (χ1) is 9.27. The summed E-state index contributed by atoms with van der Waals surface area (Å²) in [6.07, 6.45) is 16.9. The van der Waals surface area contributed by atoms with Gasteiger partial charge in [-0.3, -0.25) is 4.79 Å². The molecule has 0 aromatic heterocycles. The van der Waals surface area contributed by atoms with E-state index in [0.29, 0.717) is 6.42 Å². The molecule has 2 nitrogen and oxygen atoms in total. The van der Waals surface area contributed by atoms with Crippen molar-refractivity contribution in [3.8, 4) is 0 Å². The Hall–Kier alpha value is -0.790. The summed E-state index contributed by atoms with van der Waals surface area (Å²) >= 11 is 0. The molecule has 1 saturated carbocycles. The maximum absolute atomic E-state index is 11.0. The Labute approximate surface area is 118 Å². The first kappa shape index (κ1) is 16.3. The van der Waals surface area contributed by atoms with Crippen LogP contribution >= 0.6 is 0 Å². The quantitative estimate of drug-likeness (QED) is 0.338. The van der Waals surface area contributed by atoms with Crippen LogP contribution in [0.2, 0.25) is 0 Å². The number of rotatable bonds is 9. The minimum atomic E-state index is -0.0689. The van der Waals surface area contributed by atoms with Crippen molar-refractivity contribution in [2.24, 2.45) is 11.8 Å². The molecule has 110 valence electrons. The topological polar surface area (TPSA) is 26.3 Å². The maximum Gasteiger partial charge on any atom is 0.305 e. The van der Waals surface area contributed by atoms with Crippen LogP contribution in [0.1, 0.15) is 71.1 Å². The second-order valence-electron chi connectivity index (χ2n) is 5.72. The van der Waals surface area contributed by atoms with Gasteiger partial charge in [-0.1, -0.05) is 44.8 Å². The highest BCUT2D eigenvalue weighted by molar-refractivity contribution is 5.68.